The highest BCUT2D eigenvalue weighted by atomic mass is 16.1. The molecule has 0 bridgehead atoms. The van der Waals surface area contributed by atoms with Gasteiger partial charge in [0.1, 0.15) is 0 Å². The molecule has 0 aliphatic rings. The first-order chi connectivity index (χ1) is 8.58. The molecule has 90 valence electrons. The summed E-state index contributed by atoms with van der Waals surface area (Å²) in [6.45, 7) is 3.75. The quantitative estimate of drug-likeness (QED) is 0.609. The molecule has 3 aromatic rings. The summed E-state index contributed by atoms with van der Waals surface area (Å²) in [7, 11) is 0. The zero-order valence-corrected chi connectivity index (χ0v) is 9.87. The molecule has 0 saturated carbocycles. The Labute approximate surface area is 101 Å². The second kappa shape index (κ2) is 3.49. The van der Waals surface area contributed by atoms with Crippen molar-refractivity contribution in [3.8, 4) is 0 Å². The average molecular weight is 242 g/mol. The van der Waals surface area contributed by atoms with Crippen LogP contribution in [0.2, 0.25) is 0 Å². The lowest BCUT2D eigenvalue weighted by molar-refractivity contribution is 0.955. The van der Waals surface area contributed by atoms with Crippen molar-refractivity contribution in [3.05, 3.63) is 43.8 Å². The van der Waals surface area contributed by atoms with E-state index in [4.69, 9.17) is 0 Å². The van der Waals surface area contributed by atoms with Gasteiger partial charge in [-0.25, -0.2) is 0 Å². The van der Waals surface area contributed by atoms with Gasteiger partial charge >= 0.3 is 0 Å². The minimum atomic E-state index is -0.419. The minimum Gasteiger partial charge on any atom is -0.320 e. The number of nitrogens with one attached hydrogen (secondary N) is 2. The first-order valence-electron chi connectivity index (χ1n) is 5.46. The third kappa shape index (κ3) is 1.35. The molecule has 0 unspecified atom stereocenters. The number of H-pyrrole nitrogens is 2. The van der Waals surface area contributed by atoms with Gasteiger partial charge in [0.2, 0.25) is 5.43 Å². The molecule has 3 rings (SSSR count). The summed E-state index contributed by atoms with van der Waals surface area (Å²) < 4.78 is 0. The fourth-order valence-electron chi connectivity index (χ4n) is 2.16. The van der Waals surface area contributed by atoms with Gasteiger partial charge in [-0.15, -0.1) is 0 Å². The maximum Gasteiger partial charge on any atom is 0.278 e. The van der Waals surface area contributed by atoms with Crippen molar-refractivity contribution in [1.29, 1.82) is 0 Å². The van der Waals surface area contributed by atoms with E-state index in [0.29, 0.717) is 10.9 Å². The summed E-state index contributed by atoms with van der Waals surface area (Å²) in [4.78, 5) is 27.0. The first kappa shape index (κ1) is 10.6. The Kier molecular flexibility index (Phi) is 2.07. The second-order valence-electron chi connectivity index (χ2n) is 4.31. The Morgan fingerprint density at radius 3 is 2.56 bits per heavy atom. The number of benzene rings is 1. The van der Waals surface area contributed by atoms with E-state index >= 15 is 0 Å². The molecule has 0 aliphatic carbocycles. The normalized spacial score (nSPS) is 11.2. The first-order valence-corrected chi connectivity index (χ1v) is 5.46. The van der Waals surface area contributed by atoms with Gasteiger partial charge in [-0.3, -0.25) is 9.59 Å². The number of aromatic nitrogens is 4. The largest absolute Gasteiger partial charge is 0.320 e. The summed E-state index contributed by atoms with van der Waals surface area (Å²) >= 11 is 0. The SMILES string of the molecule is Cc1cc(C)c2[nH]c(=O)c3n[nH]nc3c(=O)c2c1. The number of aromatic amines is 2. The fraction of sp³-hybridized carbons (Fsp3) is 0.167. The van der Waals surface area contributed by atoms with Crippen molar-refractivity contribution in [1.82, 2.24) is 20.4 Å². The van der Waals surface area contributed by atoms with Crippen molar-refractivity contribution >= 4 is 21.9 Å². The molecule has 1 aromatic carbocycles. The Hall–Kier alpha value is -2.50. The fourth-order valence-corrected chi connectivity index (χ4v) is 2.16. The molecule has 0 saturated heterocycles. The Morgan fingerprint density at radius 2 is 1.78 bits per heavy atom. The molecule has 6 heteroatoms. The topological polar surface area (TPSA) is 91.5 Å². The number of hydrogen-bond donors (Lipinski definition) is 2. The van der Waals surface area contributed by atoms with Gasteiger partial charge in [-0.05, 0) is 31.0 Å². The van der Waals surface area contributed by atoms with Gasteiger partial charge in [0.25, 0.3) is 5.56 Å². The van der Waals surface area contributed by atoms with Gasteiger partial charge in [-0.1, -0.05) is 6.07 Å². The van der Waals surface area contributed by atoms with Crippen LogP contribution in [-0.4, -0.2) is 20.4 Å². The third-order valence-corrected chi connectivity index (χ3v) is 2.94. The van der Waals surface area contributed by atoms with Crippen molar-refractivity contribution < 1.29 is 0 Å². The zero-order chi connectivity index (χ0) is 12.9. The van der Waals surface area contributed by atoms with Gasteiger partial charge in [0.15, 0.2) is 11.0 Å². The standard InChI is InChI=1S/C12H10N4O2/c1-5-3-6(2)8-7(4-5)11(17)9-10(12(18)13-8)15-16-14-9/h3-4H,1-2H3,(H,13,18)(H,14,15,16). The van der Waals surface area contributed by atoms with Gasteiger partial charge in [0.05, 0.1) is 5.52 Å². The highest BCUT2D eigenvalue weighted by Crippen LogP contribution is 2.14. The summed E-state index contributed by atoms with van der Waals surface area (Å²) in [6, 6.07) is 3.66. The van der Waals surface area contributed by atoms with Crippen LogP contribution in [0.3, 0.4) is 0 Å². The number of hydrogen-bond acceptors (Lipinski definition) is 4. The van der Waals surface area contributed by atoms with Crippen LogP contribution in [0.1, 0.15) is 11.1 Å². The summed E-state index contributed by atoms with van der Waals surface area (Å²) in [5.41, 5.74) is 1.73. The molecule has 6 nitrogen and oxygen atoms in total. The molecular weight excluding hydrogens is 232 g/mol. The number of aryl methyl sites for hydroxylation is 2. The van der Waals surface area contributed by atoms with Crippen LogP contribution in [-0.2, 0) is 0 Å². The van der Waals surface area contributed by atoms with Crippen LogP contribution < -0.4 is 11.0 Å². The van der Waals surface area contributed by atoms with Crippen molar-refractivity contribution in [3.63, 3.8) is 0 Å². The van der Waals surface area contributed by atoms with E-state index in [0.717, 1.165) is 11.1 Å². The molecule has 18 heavy (non-hydrogen) atoms. The molecule has 2 heterocycles. The summed E-state index contributed by atoms with van der Waals surface area (Å²) in [6.07, 6.45) is 0. The molecule has 0 fully saturated rings. The molecule has 0 aliphatic heterocycles. The molecule has 0 radical (unpaired) electrons. The smallest absolute Gasteiger partial charge is 0.278 e. The van der Waals surface area contributed by atoms with Crippen molar-refractivity contribution in [2.75, 3.05) is 0 Å². The lowest BCUT2D eigenvalue weighted by atomic mass is 10.1. The zero-order valence-electron chi connectivity index (χ0n) is 9.87. The van der Waals surface area contributed by atoms with Crippen LogP contribution in [0.5, 0.6) is 0 Å². The van der Waals surface area contributed by atoms with E-state index in [-0.39, 0.29) is 16.5 Å². The van der Waals surface area contributed by atoms with Crippen molar-refractivity contribution in [2.45, 2.75) is 13.8 Å². The highest BCUT2D eigenvalue weighted by molar-refractivity contribution is 5.88. The maximum atomic E-state index is 12.3. The van der Waals surface area contributed by atoms with Crippen molar-refractivity contribution in [2.24, 2.45) is 0 Å². The minimum absolute atomic E-state index is 0.0354. The molecule has 0 spiro atoms. The number of rotatable bonds is 0. The summed E-state index contributed by atoms with van der Waals surface area (Å²) in [5.74, 6) is 0. The van der Waals surface area contributed by atoms with E-state index in [1.807, 2.05) is 19.9 Å². The van der Waals surface area contributed by atoms with Gasteiger partial charge in [-0.2, -0.15) is 15.4 Å². The molecular formula is C12H10N4O2. The van der Waals surface area contributed by atoms with E-state index in [1.165, 1.54) is 0 Å². The number of nitrogens with zero attached hydrogens (tertiary/aromatic N) is 2. The second-order valence-corrected chi connectivity index (χ2v) is 4.31. The Balaban J connectivity index is 2.77. The maximum absolute atomic E-state index is 12.3. The van der Waals surface area contributed by atoms with Gasteiger partial charge in [0, 0.05) is 5.39 Å². The summed E-state index contributed by atoms with van der Waals surface area (Å²) in [5, 5.41) is 10.2. The van der Waals surface area contributed by atoms with E-state index < -0.39 is 5.56 Å². The number of fused-ring (bicyclic) bond motifs is 2. The van der Waals surface area contributed by atoms with Crippen LogP contribution in [0.25, 0.3) is 21.9 Å². The lowest BCUT2D eigenvalue weighted by Crippen LogP contribution is -2.03. The Morgan fingerprint density at radius 1 is 1.06 bits per heavy atom. The van der Waals surface area contributed by atoms with Crippen LogP contribution in [0.15, 0.2) is 21.7 Å². The molecule has 2 N–H and O–H groups in total. The van der Waals surface area contributed by atoms with E-state index in [1.54, 1.807) is 6.07 Å². The molecule has 2 aromatic heterocycles. The van der Waals surface area contributed by atoms with Crippen LogP contribution in [0, 0.1) is 13.8 Å². The van der Waals surface area contributed by atoms with E-state index in [9.17, 15) is 9.59 Å². The van der Waals surface area contributed by atoms with Crippen LogP contribution in [0.4, 0.5) is 0 Å². The van der Waals surface area contributed by atoms with Crippen LogP contribution >= 0.6 is 0 Å². The lowest BCUT2D eigenvalue weighted by Gasteiger charge is -1.99. The third-order valence-electron chi connectivity index (χ3n) is 2.94. The average Bonchev–Trinajstić information content (AvgIpc) is 2.76. The predicted octanol–water partition coefficient (Wildman–Crippen LogP) is 0.776. The Bertz CT molecular complexity index is 892. The molecule has 0 atom stereocenters. The predicted molar refractivity (Wildman–Crippen MR) is 67.8 cm³/mol. The van der Waals surface area contributed by atoms with E-state index in [2.05, 4.69) is 20.4 Å². The highest BCUT2D eigenvalue weighted by Gasteiger charge is 2.11. The monoisotopic (exact) mass is 242 g/mol. The molecule has 0 amide bonds. The van der Waals surface area contributed by atoms with Gasteiger partial charge < -0.3 is 4.98 Å².